The van der Waals surface area contributed by atoms with Gasteiger partial charge in [-0.15, -0.1) is 0 Å². The molecule has 0 radical (unpaired) electrons. The SMILES string of the molecule is CCOC(=O)c1cnc(C=C(C)c2cc3c(cc2C)C(C)(C)CCC3(C)C)n1C. The first-order chi connectivity index (χ1) is 13.5. The van der Waals surface area contributed by atoms with Crippen molar-refractivity contribution in [1.82, 2.24) is 9.55 Å². The Morgan fingerprint density at radius 3 is 2.34 bits per heavy atom. The van der Waals surface area contributed by atoms with Gasteiger partial charge < -0.3 is 9.30 Å². The Balaban J connectivity index is 2.05. The molecular formula is C25H34N2O2. The lowest BCUT2D eigenvalue weighted by Gasteiger charge is -2.42. The fraction of sp³-hybridized carbons (Fsp3) is 0.520. The smallest absolute Gasteiger partial charge is 0.356 e. The van der Waals surface area contributed by atoms with E-state index in [2.05, 4.69) is 64.7 Å². The highest BCUT2D eigenvalue weighted by Gasteiger charge is 2.37. The van der Waals surface area contributed by atoms with E-state index >= 15 is 0 Å². The summed E-state index contributed by atoms with van der Waals surface area (Å²) >= 11 is 0. The lowest BCUT2D eigenvalue weighted by atomic mass is 9.62. The van der Waals surface area contributed by atoms with E-state index in [4.69, 9.17) is 4.74 Å². The second kappa shape index (κ2) is 7.47. The molecule has 0 N–H and O–H groups in total. The molecule has 2 aromatic rings. The maximum absolute atomic E-state index is 12.1. The standard InChI is InChI=1S/C25H34N2O2/c1-9-29-23(28)21-15-26-22(27(21)8)13-17(3)18-14-20-19(12-16(18)2)24(4,5)10-11-25(20,6)7/h12-15H,9-11H2,1-8H3. The summed E-state index contributed by atoms with van der Waals surface area (Å²) < 4.78 is 6.91. The van der Waals surface area contributed by atoms with Gasteiger partial charge in [-0.1, -0.05) is 39.8 Å². The number of imidazole rings is 1. The van der Waals surface area contributed by atoms with Gasteiger partial charge in [-0.3, -0.25) is 0 Å². The first-order valence-corrected chi connectivity index (χ1v) is 10.5. The van der Waals surface area contributed by atoms with Gasteiger partial charge >= 0.3 is 5.97 Å². The Kier molecular flexibility index (Phi) is 5.50. The average Bonchev–Trinajstić information content (AvgIpc) is 2.99. The third-order valence-electron chi connectivity index (χ3n) is 6.48. The highest BCUT2D eigenvalue weighted by molar-refractivity contribution is 5.88. The summed E-state index contributed by atoms with van der Waals surface area (Å²) in [5.41, 5.74) is 7.45. The molecule has 0 bridgehead atoms. The van der Waals surface area contributed by atoms with E-state index in [0.717, 1.165) is 11.4 Å². The van der Waals surface area contributed by atoms with Crippen LogP contribution in [0.15, 0.2) is 18.3 Å². The van der Waals surface area contributed by atoms with Crippen molar-refractivity contribution in [2.75, 3.05) is 6.61 Å². The number of aryl methyl sites for hydroxylation is 1. The monoisotopic (exact) mass is 394 g/mol. The summed E-state index contributed by atoms with van der Waals surface area (Å²) in [6.45, 7) is 15.9. The molecule has 0 amide bonds. The van der Waals surface area contributed by atoms with Crippen LogP contribution in [-0.4, -0.2) is 22.1 Å². The van der Waals surface area contributed by atoms with Gasteiger partial charge in [0.2, 0.25) is 0 Å². The Hall–Kier alpha value is -2.36. The molecule has 4 nitrogen and oxygen atoms in total. The Morgan fingerprint density at radius 1 is 1.17 bits per heavy atom. The first kappa shape index (κ1) is 21.4. The average molecular weight is 395 g/mol. The van der Waals surface area contributed by atoms with Gasteiger partial charge in [-0.2, -0.15) is 0 Å². The summed E-state index contributed by atoms with van der Waals surface area (Å²) in [4.78, 5) is 16.5. The summed E-state index contributed by atoms with van der Waals surface area (Å²) in [5, 5.41) is 0. The number of rotatable bonds is 4. The molecular weight excluding hydrogens is 360 g/mol. The maximum Gasteiger partial charge on any atom is 0.356 e. The third kappa shape index (κ3) is 3.90. The molecule has 0 saturated heterocycles. The van der Waals surface area contributed by atoms with Gasteiger partial charge in [0.15, 0.2) is 0 Å². The van der Waals surface area contributed by atoms with Crippen molar-refractivity contribution in [3.63, 3.8) is 0 Å². The van der Waals surface area contributed by atoms with Gasteiger partial charge in [-0.05, 0) is 78.3 Å². The molecule has 3 rings (SSSR count). The third-order valence-corrected chi connectivity index (χ3v) is 6.48. The second-order valence-corrected chi connectivity index (χ2v) is 9.59. The predicted molar refractivity (Wildman–Crippen MR) is 119 cm³/mol. The van der Waals surface area contributed by atoms with Crippen LogP contribution < -0.4 is 0 Å². The van der Waals surface area contributed by atoms with Gasteiger partial charge in [0.25, 0.3) is 0 Å². The van der Waals surface area contributed by atoms with Crippen LogP contribution >= 0.6 is 0 Å². The molecule has 1 aromatic heterocycles. The van der Waals surface area contributed by atoms with Crippen LogP contribution in [0.2, 0.25) is 0 Å². The molecule has 0 unspecified atom stereocenters. The number of nitrogens with zero attached hydrogens (tertiary/aromatic N) is 2. The Labute approximate surface area is 175 Å². The fourth-order valence-corrected chi connectivity index (χ4v) is 4.37. The van der Waals surface area contributed by atoms with Crippen LogP contribution in [0.3, 0.4) is 0 Å². The number of aromatic nitrogens is 2. The number of allylic oxidation sites excluding steroid dienone is 1. The molecule has 1 heterocycles. The quantitative estimate of drug-likeness (QED) is 0.614. The van der Waals surface area contributed by atoms with Crippen LogP contribution in [-0.2, 0) is 22.6 Å². The largest absolute Gasteiger partial charge is 0.461 e. The van der Waals surface area contributed by atoms with E-state index in [1.807, 2.05) is 7.05 Å². The Bertz CT molecular complexity index is 977. The molecule has 0 spiro atoms. The van der Waals surface area contributed by atoms with Crippen LogP contribution in [0.1, 0.15) is 93.0 Å². The number of carbonyl (C=O) groups excluding carboxylic acids is 1. The minimum Gasteiger partial charge on any atom is -0.461 e. The van der Waals surface area contributed by atoms with Crippen LogP contribution in [0.5, 0.6) is 0 Å². The summed E-state index contributed by atoms with van der Waals surface area (Å²) in [5.74, 6) is 0.413. The molecule has 156 valence electrons. The van der Waals surface area contributed by atoms with Crippen LogP contribution in [0.25, 0.3) is 11.6 Å². The zero-order valence-electron chi connectivity index (χ0n) is 19.1. The first-order valence-electron chi connectivity index (χ1n) is 10.5. The van der Waals surface area contributed by atoms with E-state index in [-0.39, 0.29) is 16.8 Å². The number of esters is 1. The zero-order chi connectivity index (χ0) is 21.6. The van der Waals surface area contributed by atoms with E-state index < -0.39 is 0 Å². The molecule has 1 aliphatic rings. The predicted octanol–water partition coefficient (Wildman–Crippen LogP) is 5.81. The number of fused-ring (bicyclic) bond motifs is 1. The number of ether oxygens (including phenoxy) is 1. The van der Waals surface area contributed by atoms with Gasteiger partial charge in [-0.25, -0.2) is 9.78 Å². The van der Waals surface area contributed by atoms with Crippen molar-refractivity contribution in [1.29, 1.82) is 0 Å². The summed E-state index contributed by atoms with van der Waals surface area (Å²) in [6.07, 6.45) is 6.05. The number of carbonyl (C=O) groups is 1. The van der Waals surface area contributed by atoms with E-state index in [0.29, 0.717) is 12.3 Å². The minimum absolute atomic E-state index is 0.174. The van der Waals surface area contributed by atoms with Crippen molar-refractivity contribution in [2.45, 2.75) is 72.1 Å². The van der Waals surface area contributed by atoms with Crippen LogP contribution in [0, 0.1) is 6.92 Å². The van der Waals surface area contributed by atoms with Crippen molar-refractivity contribution in [2.24, 2.45) is 7.05 Å². The van der Waals surface area contributed by atoms with Crippen molar-refractivity contribution < 1.29 is 9.53 Å². The lowest BCUT2D eigenvalue weighted by Crippen LogP contribution is -2.34. The van der Waals surface area contributed by atoms with E-state index in [1.165, 1.54) is 35.1 Å². The van der Waals surface area contributed by atoms with E-state index in [1.54, 1.807) is 17.7 Å². The molecule has 0 fully saturated rings. The normalized spacial score (nSPS) is 17.7. The topological polar surface area (TPSA) is 44.1 Å². The molecule has 1 aromatic carbocycles. The van der Waals surface area contributed by atoms with E-state index in [9.17, 15) is 4.79 Å². The maximum atomic E-state index is 12.1. The molecule has 1 aliphatic carbocycles. The number of hydrogen-bond donors (Lipinski definition) is 0. The minimum atomic E-state index is -0.339. The molecule has 0 atom stereocenters. The summed E-state index contributed by atoms with van der Waals surface area (Å²) in [6, 6.07) is 4.76. The van der Waals surface area contributed by atoms with Crippen molar-refractivity contribution in [3.05, 3.63) is 52.1 Å². The lowest BCUT2D eigenvalue weighted by molar-refractivity contribution is 0.0515. The molecule has 0 aliphatic heterocycles. The van der Waals surface area contributed by atoms with Crippen molar-refractivity contribution >= 4 is 17.6 Å². The van der Waals surface area contributed by atoms with Crippen LogP contribution in [0.4, 0.5) is 0 Å². The van der Waals surface area contributed by atoms with Gasteiger partial charge in [0.05, 0.1) is 12.8 Å². The Morgan fingerprint density at radius 2 is 1.76 bits per heavy atom. The second-order valence-electron chi connectivity index (χ2n) is 9.59. The van der Waals surface area contributed by atoms with Gasteiger partial charge in [0.1, 0.15) is 11.5 Å². The van der Waals surface area contributed by atoms with Crippen molar-refractivity contribution in [3.8, 4) is 0 Å². The fourth-order valence-electron chi connectivity index (χ4n) is 4.37. The molecule has 4 heteroatoms. The van der Waals surface area contributed by atoms with Gasteiger partial charge in [0, 0.05) is 7.05 Å². The molecule has 29 heavy (non-hydrogen) atoms. The number of benzene rings is 1. The highest BCUT2D eigenvalue weighted by atomic mass is 16.5. The number of hydrogen-bond acceptors (Lipinski definition) is 3. The highest BCUT2D eigenvalue weighted by Crippen LogP contribution is 2.47. The summed E-state index contributed by atoms with van der Waals surface area (Å²) in [7, 11) is 1.85. The molecule has 0 saturated carbocycles. The zero-order valence-corrected chi connectivity index (χ0v) is 19.1.